The molecule has 0 aromatic heterocycles. The van der Waals surface area contributed by atoms with Crippen molar-refractivity contribution < 1.29 is 9.18 Å². The van der Waals surface area contributed by atoms with Crippen LogP contribution >= 0.6 is 0 Å². The summed E-state index contributed by atoms with van der Waals surface area (Å²) in [7, 11) is 0. The molecule has 0 bridgehead atoms. The lowest BCUT2D eigenvalue weighted by molar-refractivity contribution is -0.108. The Hall–Kier alpha value is -1.38. The molecule has 0 saturated carbocycles. The van der Waals surface area contributed by atoms with E-state index >= 15 is 0 Å². The third kappa shape index (κ3) is 1.31. The Morgan fingerprint density at radius 2 is 2.10 bits per heavy atom. The molecule has 1 amide bonds. The highest BCUT2D eigenvalue weighted by Crippen LogP contribution is 2.10. The fraction of sp³-hybridized carbons (Fsp3) is 0. The van der Waals surface area contributed by atoms with Gasteiger partial charge in [-0.1, -0.05) is 12.1 Å². The van der Waals surface area contributed by atoms with Crippen LogP contribution < -0.4 is 5.32 Å². The van der Waals surface area contributed by atoms with Gasteiger partial charge in [0.25, 0.3) is 0 Å². The maximum atomic E-state index is 12.5. The summed E-state index contributed by atoms with van der Waals surface area (Å²) in [6, 6.07) is 5.84. The summed E-state index contributed by atoms with van der Waals surface area (Å²) < 4.78 is 12.5. The van der Waals surface area contributed by atoms with Gasteiger partial charge in [0, 0.05) is 0 Å². The maximum Gasteiger partial charge on any atom is 0.233 e. The molecule has 10 heavy (non-hydrogen) atoms. The van der Waals surface area contributed by atoms with Crippen LogP contribution in [0, 0.1) is 5.82 Å². The highest BCUT2D eigenvalue weighted by atomic mass is 19.1. The van der Waals surface area contributed by atoms with E-state index in [-0.39, 0.29) is 5.69 Å². The monoisotopic (exact) mass is 138 g/mol. The second-order valence-corrected chi connectivity index (χ2v) is 1.69. The van der Waals surface area contributed by atoms with Gasteiger partial charge in [-0.3, -0.25) is 4.79 Å². The summed E-state index contributed by atoms with van der Waals surface area (Å²) in [6.45, 7) is 0. The fourth-order valence-corrected chi connectivity index (χ4v) is 0.613. The second kappa shape index (κ2) is 2.96. The van der Waals surface area contributed by atoms with Crippen molar-refractivity contribution in [2.24, 2.45) is 0 Å². The summed E-state index contributed by atoms with van der Waals surface area (Å²) in [4.78, 5) is 9.79. The van der Waals surface area contributed by atoms with Crippen LogP contribution in [0.5, 0.6) is 0 Å². The summed E-state index contributed by atoms with van der Waals surface area (Å²) in [6.07, 6.45) is 0.318. The molecule has 0 aliphatic carbocycles. The van der Waals surface area contributed by atoms with Crippen LogP contribution in [0.25, 0.3) is 0 Å². The van der Waals surface area contributed by atoms with Gasteiger partial charge >= 0.3 is 0 Å². The van der Waals surface area contributed by atoms with E-state index in [2.05, 4.69) is 5.32 Å². The number of carbonyl (C=O) groups excluding carboxylic acids is 1. The number of halogens is 1. The van der Waals surface area contributed by atoms with E-state index in [0.717, 1.165) is 0 Å². The molecule has 0 aliphatic heterocycles. The Bertz CT molecular complexity index is 237. The van der Waals surface area contributed by atoms with Crippen LogP contribution in [0.2, 0.25) is 0 Å². The minimum absolute atomic E-state index is 0.0810. The zero-order chi connectivity index (χ0) is 7.40. The zero-order valence-electron chi connectivity index (χ0n) is 5.12. The molecule has 51 valence electrons. The topological polar surface area (TPSA) is 31.2 Å². The minimum atomic E-state index is -0.477. The molecule has 0 N–H and O–H groups in total. The van der Waals surface area contributed by atoms with E-state index in [1.54, 1.807) is 12.1 Å². The number of benzene rings is 1. The van der Waals surface area contributed by atoms with Crippen LogP contribution in [0.4, 0.5) is 10.1 Å². The third-order valence-electron chi connectivity index (χ3n) is 1.04. The summed E-state index contributed by atoms with van der Waals surface area (Å²) in [5, 5.41) is 3.25. The zero-order valence-corrected chi connectivity index (χ0v) is 5.12. The maximum absolute atomic E-state index is 12.5. The fourth-order valence-electron chi connectivity index (χ4n) is 0.613. The second-order valence-electron chi connectivity index (χ2n) is 1.69. The van der Waals surface area contributed by atoms with Gasteiger partial charge < -0.3 is 0 Å². The van der Waals surface area contributed by atoms with Gasteiger partial charge in [-0.05, 0) is 12.1 Å². The van der Waals surface area contributed by atoms with Crippen molar-refractivity contribution >= 4 is 12.1 Å². The summed E-state index contributed by atoms with van der Waals surface area (Å²) in [5.41, 5.74) is 0.0810. The molecule has 0 unspecified atom stereocenters. The standard InChI is InChI=1S/C7H5FNO/c8-6-3-1-2-4-7(6)9-5-10/h1-5H. The van der Waals surface area contributed by atoms with Crippen LogP contribution in [-0.4, -0.2) is 6.41 Å². The molecule has 0 atom stereocenters. The van der Waals surface area contributed by atoms with E-state index in [9.17, 15) is 9.18 Å². The average Bonchev–Trinajstić information content (AvgIpc) is 1.94. The number of hydrogen-bond acceptors (Lipinski definition) is 1. The number of para-hydroxylation sites is 1. The SMILES string of the molecule is O=C[N]c1ccccc1F. The summed E-state index contributed by atoms with van der Waals surface area (Å²) >= 11 is 0. The highest BCUT2D eigenvalue weighted by Gasteiger charge is 1.97. The van der Waals surface area contributed by atoms with Gasteiger partial charge in [0.15, 0.2) is 0 Å². The predicted molar refractivity (Wildman–Crippen MR) is 34.3 cm³/mol. The quantitative estimate of drug-likeness (QED) is 0.565. The van der Waals surface area contributed by atoms with Crippen LogP contribution in [0.15, 0.2) is 24.3 Å². The van der Waals surface area contributed by atoms with Crippen LogP contribution in [0.3, 0.4) is 0 Å². The first-order valence-electron chi connectivity index (χ1n) is 2.73. The first-order chi connectivity index (χ1) is 4.84. The average molecular weight is 138 g/mol. The molecule has 1 aromatic rings. The molecule has 0 heterocycles. The molecule has 3 heteroatoms. The Labute approximate surface area is 57.7 Å². The Balaban J connectivity index is 2.91. The van der Waals surface area contributed by atoms with E-state index in [4.69, 9.17) is 0 Å². The number of amides is 1. The number of rotatable bonds is 2. The van der Waals surface area contributed by atoms with Crippen LogP contribution in [-0.2, 0) is 4.79 Å². The van der Waals surface area contributed by atoms with E-state index in [1.165, 1.54) is 12.1 Å². The van der Waals surface area contributed by atoms with Gasteiger partial charge in [-0.25, -0.2) is 9.71 Å². The van der Waals surface area contributed by atoms with Gasteiger partial charge in [0.1, 0.15) is 11.5 Å². The largest absolute Gasteiger partial charge is 0.276 e. The van der Waals surface area contributed by atoms with E-state index in [0.29, 0.717) is 6.41 Å². The molecular weight excluding hydrogens is 133 g/mol. The highest BCUT2D eigenvalue weighted by molar-refractivity contribution is 5.58. The first-order valence-corrected chi connectivity index (χ1v) is 2.73. The molecule has 0 aliphatic rings. The normalized spacial score (nSPS) is 8.90. The van der Waals surface area contributed by atoms with Gasteiger partial charge in [0.05, 0.1) is 0 Å². The van der Waals surface area contributed by atoms with Gasteiger partial charge in [-0.2, -0.15) is 0 Å². The Morgan fingerprint density at radius 3 is 2.70 bits per heavy atom. The summed E-state index contributed by atoms with van der Waals surface area (Å²) in [5.74, 6) is -0.477. The molecule has 2 nitrogen and oxygen atoms in total. The lowest BCUT2D eigenvalue weighted by Crippen LogP contribution is -1.94. The number of hydrogen-bond donors (Lipinski definition) is 0. The van der Waals surface area contributed by atoms with Crippen LogP contribution in [0.1, 0.15) is 0 Å². The number of nitrogens with zero attached hydrogens (tertiary/aromatic N) is 1. The molecule has 0 saturated heterocycles. The van der Waals surface area contributed by atoms with Crippen molar-refractivity contribution in [2.45, 2.75) is 0 Å². The number of carbonyl (C=O) groups is 1. The van der Waals surface area contributed by atoms with Crippen molar-refractivity contribution in [3.05, 3.63) is 30.1 Å². The molecular formula is C7H5FNO. The Morgan fingerprint density at radius 1 is 1.40 bits per heavy atom. The van der Waals surface area contributed by atoms with E-state index in [1.807, 2.05) is 0 Å². The minimum Gasteiger partial charge on any atom is -0.276 e. The molecule has 1 radical (unpaired) electrons. The molecule has 0 fully saturated rings. The predicted octanol–water partition coefficient (Wildman–Crippen LogP) is 1.22. The smallest absolute Gasteiger partial charge is 0.233 e. The lowest BCUT2D eigenvalue weighted by Gasteiger charge is -1.94. The van der Waals surface area contributed by atoms with E-state index < -0.39 is 5.82 Å². The van der Waals surface area contributed by atoms with Crippen molar-refractivity contribution in [3.63, 3.8) is 0 Å². The molecule has 0 spiro atoms. The van der Waals surface area contributed by atoms with Gasteiger partial charge in [0.2, 0.25) is 6.41 Å². The Kier molecular flexibility index (Phi) is 1.99. The van der Waals surface area contributed by atoms with Crippen molar-refractivity contribution in [1.29, 1.82) is 0 Å². The van der Waals surface area contributed by atoms with Crippen molar-refractivity contribution in [3.8, 4) is 0 Å². The molecule has 1 aromatic carbocycles. The van der Waals surface area contributed by atoms with Crippen molar-refractivity contribution in [2.75, 3.05) is 0 Å². The third-order valence-corrected chi connectivity index (χ3v) is 1.04. The van der Waals surface area contributed by atoms with Crippen molar-refractivity contribution in [1.82, 2.24) is 5.32 Å². The lowest BCUT2D eigenvalue weighted by atomic mass is 10.3. The van der Waals surface area contributed by atoms with Gasteiger partial charge in [-0.15, -0.1) is 0 Å². The molecule has 1 rings (SSSR count). The first kappa shape index (κ1) is 6.74.